The SMILES string of the molecule is COC(=O)C1CCN(C(=O)c2sccc2C#CCCO)C1. The second-order valence-corrected chi connectivity index (χ2v) is 5.61. The molecule has 0 radical (unpaired) electrons. The number of aliphatic hydroxyl groups is 1. The van der Waals surface area contributed by atoms with Crippen LogP contribution >= 0.6 is 11.3 Å². The van der Waals surface area contributed by atoms with Crippen LogP contribution in [0.3, 0.4) is 0 Å². The molecule has 1 aromatic rings. The predicted molar refractivity (Wildman–Crippen MR) is 78.9 cm³/mol. The first kappa shape index (κ1) is 15.5. The molecule has 1 N–H and O–H groups in total. The summed E-state index contributed by atoms with van der Waals surface area (Å²) in [6.45, 7) is 0.959. The molecule has 0 aromatic carbocycles. The molecule has 1 aromatic heterocycles. The molecular weight excluding hydrogens is 290 g/mol. The Labute approximate surface area is 127 Å². The molecule has 1 saturated heterocycles. The largest absolute Gasteiger partial charge is 0.469 e. The van der Waals surface area contributed by atoms with Gasteiger partial charge in [-0.05, 0) is 17.9 Å². The van der Waals surface area contributed by atoms with E-state index in [1.807, 2.05) is 5.38 Å². The van der Waals surface area contributed by atoms with E-state index in [0.717, 1.165) is 0 Å². The molecule has 1 fully saturated rings. The van der Waals surface area contributed by atoms with E-state index in [0.29, 0.717) is 36.4 Å². The Balaban J connectivity index is 2.07. The summed E-state index contributed by atoms with van der Waals surface area (Å²) < 4.78 is 4.72. The van der Waals surface area contributed by atoms with E-state index in [9.17, 15) is 9.59 Å². The molecule has 0 bridgehead atoms. The number of nitrogens with zero attached hydrogens (tertiary/aromatic N) is 1. The summed E-state index contributed by atoms with van der Waals surface area (Å²) in [6.07, 6.45) is 1.02. The number of rotatable bonds is 3. The first-order valence-corrected chi connectivity index (χ1v) is 7.59. The summed E-state index contributed by atoms with van der Waals surface area (Å²) >= 11 is 1.35. The Hall–Kier alpha value is -1.84. The summed E-state index contributed by atoms with van der Waals surface area (Å²) in [4.78, 5) is 26.3. The molecule has 112 valence electrons. The third kappa shape index (κ3) is 3.63. The quantitative estimate of drug-likeness (QED) is 0.671. The fourth-order valence-electron chi connectivity index (χ4n) is 2.23. The van der Waals surface area contributed by atoms with Crippen molar-refractivity contribution in [2.75, 3.05) is 26.8 Å². The molecule has 2 heterocycles. The zero-order chi connectivity index (χ0) is 15.2. The van der Waals surface area contributed by atoms with Gasteiger partial charge in [-0.3, -0.25) is 9.59 Å². The van der Waals surface area contributed by atoms with Crippen molar-refractivity contribution in [3.05, 3.63) is 21.9 Å². The Morgan fingerprint density at radius 3 is 3.10 bits per heavy atom. The predicted octanol–water partition coefficient (Wildman–Crippen LogP) is 1.12. The summed E-state index contributed by atoms with van der Waals surface area (Å²) in [5.74, 6) is 5.14. The van der Waals surface area contributed by atoms with Crippen molar-refractivity contribution in [1.82, 2.24) is 4.90 Å². The normalized spacial score (nSPS) is 17.2. The molecule has 6 heteroatoms. The van der Waals surface area contributed by atoms with Gasteiger partial charge >= 0.3 is 5.97 Å². The maximum Gasteiger partial charge on any atom is 0.310 e. The van der Waals surface area contributed by atoms with Crippen LogP contribution in [-0.2, 0) is 9.53 Å². The highest BCUT2D eigenvalue weighted by molar-refractivity contribution is 7.12. The van der Waals surface area contributed by atoms with E-state index in [1.165, 1.54) is 18.4 Å². The number of thiophene rings is 1. The Morgan fingerprint density at radius 1 is 1.57 bits per heavy atom. The third-order valence-electron chi connectivity index (χ3n) is 3.33. The van der Waals surface area contributed by atoms with E-state index in [1.54, 1.807) is 11.0 Å². The van der Waals surface area contributed by atoms with Crippen LogP contribution in [0.2, 0.25) is 0 Å². The summed E-state index contributed by atoms with van der Waals surface area (Å²) in [5, 5.41) is 10.6. The number of aliphatic hydroxyl groups excluding tert-OH is 1. The lowest BCUT2D eigenvalue weighted by molar-refractivity contribution is -0.144. The van der Waals surface area contributed by atoms with Crippen LogP contribution in [0.5, 0.6) is 0 Å². The topological polar surface area (TPSA) is 66.8 Å². The first-order chi connectivity index (χ1) is 10.2. The number of methoxy groups -OCH3 is 1. The van der Waals surface area contributed by atoms with Gasteiger partial charge in [-0.2, -0.15) is 0 Å². The second kappa shape index (κ2) is 7.25. The zero-order valence-corrected chi connectivity index (χ0v) is 12.6. The van der Waals surface area contributed by atoms with E-state index in [-0.39, 0.29) is 24.4 Å². The molecular formula is C15H17NO4S. The van der Waals surface area contributed by atoms with Crippen molar-refractivity contribution in [1.29, 1.82) is 0 Å². The van der Waals surface area contributed by atoms with E-state index in [4.69, 9.17) is 9.84 Å². The van der Waals surface area contributed by atoms with Gasteiger partial charge in [0.05, 0.1) is 19.6 Å². The van der Waals surface area contributed by atoms with Gasteiger partial charge in [0.1, 0.15) is 4.88 Å². The van der Waals surface area contributed by atoms with E-state index >= 15 is 0 Å². The summed E-state index contributed by atoms with van der Waals surface area (Å²) in [5.41, 5.74) is 0.681. The lowest BCUT2D eigenvalue weighted by Gasteiger charge is -2.15. The number of carbonyl (C=O) groups excluding carboxylic acids is 2. The molecule has 2 rings (SSSR count). The van der Waals surface area contributed by atoms with Crippen LogP contribution < -0.4 is 0 Å². The maximum atomic E-state index is 12.5. The van der Waals surface area contributed by atoms with Crippen LogP contribution in [-0.4, -0.2) is 48.7 Å². The lowest BCUT2D eigenvalue weighted by Crippen LogP contribution is -2.30. The Kier molecular flexibility index (Phi) is 5.37. The standard InChI is InChI=1S/C15H17NO4S/c1-20-15(19)12-5-7-16(10-12)14(18)13-11(6-9-21-13)4-2-3-8-17/h6,9,12,17H,3,5,7-8,10H2,1H3. The number of amides is 1. The van der Waals surface area contributed by atoms with Crippen molar-refractivity contribution in [2.45, 2.75) is 12.8 Å². The van der Waals surface area contributed by atoms with Crippen molar-refractivity contribution < 1.29 is 19.4 Å². The highest BCUT2D eigenvalue weighted by atomic mass is 32.1. The van der Waals surface area contributed by atoms with Gasteiger partial charge in [0.2, 0.25) is 0 Å². The molecule has 1 aliphatic heterocycles. The van der Waals surface area contributed by atoms with Crippen molar-refractivity contribution in [2.24, 2.45) is 5.92 Å². The van der Waals surface area contributed by atoms with Crippen LogP contribution in [0.1, 0.15) is 28.1 Å². The molecule has 1 atom stereocenters. The third-order valence-corrected chi connectivity index (χ3v) is 4.23. The van der Waals surface area contributed by atoms with E-state index < -0.39 is 0 Å². The fraction of sp³-hybridized carbons (Fsp3) is 0.467. The van der Waals surface area contributed by atoms with Crippen molar-refractivity contribution >= 4 is 23.2 Å². The van der Waals surface area contributed by atoms with Gasteiger partial charge in [0, 0.05) is 25.1 Å². The molecule has 1 amide bonds. The molecule has 1 aliphatic rings. The molecule has 0 spiro atoms. The average Bonchev–Trinajstić information content (AvgIpc) is 3.15. The molecule has 1 unspecified atom stereocenters. The van der Waals surface area contributed by atoms with Gasteiger partial charge in [-0.25, -0.2) is 0 Å². The fourth-order valence-corrected chi connectivity index (χ4v) is 3.05. The minimum atomic E-state index is -0.264. The summed E-state index contributed by atoms with van der Waals surface area (Å²) in [6, 6.07) is 1.80. The lowest BCUT2D eigenvalue weighted by atomic mass is 10.1. The van der Waals surface area contributed by atoms with Gasteiger partial charge in [-0.15, -0.1) is 11.3 Å². The zero-order valence-electron chi connectivity index (χ0n) is 11.8. The monoisotopic (exact) mass is 307 g/mol. The molecule has 0 saturated carbocycles. The number of ether oxygens (including phenoxy) is 1. The van der Waals surface area contributed by atoms with Crippen LogP contribution in [0.4, 0.5) is 0 Å². The smallest absolute Gasteiger partial charge is 0.310 e. The molecule has 21 heavy (non-hydrogen) atoms. The number of hydrogen-bond acceptors (Lipinski definition) is 5. The van der Waals surface area contributed by atoms with Gasteiger partial charge in [0.25, 0.3) is 5.91 Å². The van der Waals surface area contributed by atoms with Crippen molar-refractivity contribution in [3.63, 3.8) is 0 Å². The highest BCUT2D eigenvalue weighted by Crippen LogP contribution is 2.24. The highest BCUT2D eigenvalue weighted by Gasteiger charge is 2.33. The number of esters is 1. The van der Waals surface area contributed by atoms with Crippen LogP contribution in [0.25, 0.3) is 0 Å². The Morgan fingerprint density at radius 2 is 2.38 bits per heavy atom. The minimum Gasteiger partial charge on any atom is -0.469 e. The maximum absolute atomic E-state index is 12.5. The van der Waals surface area contributed by atoms with Gasteiger partial charge in [0.15, 0.2) is 0 Å². The van der Waals surface area contributed by atoms with Crippen LogP contribution in [0, 0.1) is 17.8 Å². The van der Waals surface area contributed by atoms with Crippen LogP contribution in [0.15, 0.2) is 11.4 Å². The summed E-state index contributed by atoms with van der Waals surface area (Å²) in [7, 11) is 1.36. The first-order valence-electron chi connectivity index (χ1n) is 6.71. The van der Waals surface area contributed by atoms with Gasteiger partial charge in [-0.1, -0.05) is 11.8 Å². The Bertz CT molecular complexity index is 584. The molecule has 0 aliphatic carbocycles. The minimum absolute atomic E-state index is 0.00729. The number of likely N-dealkylation sites (tertiary alicyclic amines) is 1. The second-order valence-electron chi connectivity index (χ2n) is 4.70. The molecule has 5 nitrogen and oxygen atoms in total. The average molecular weight is 307 g/mol. The van der Waals surface area contributed by atoms with Crippen molar-refractivity contribution in [3.8, 4) is 11.8 Å². The van der Waals surface area contributed by atoms with Gasteiger partial charge < -0.3 is 14.7 Å². The van der Waals surface area contributed by atoms with E-state index in [2.05, 4.69) is 11.8 Å². The number of hydrogen-bond donors (Lipinski definition) is 1. The number of carbonyl (C=O) groups is 2.